The Morgan fingerprint density at radius 1 is 1.62 bits per heavy atom. The van der Waals surface area contributed by atoms with Crippen LogP contribution in [0, 0.1) is 22.7 Å². The monoisotopic (exact) mass is 224 g/mol. The molecule has 0 unspecified atom stereocenters. The molecule has 16 heavy (non-hydrogen) atoms. The van der Waals surface area contributed by atoms with Gasteiger partial charge in [-0.3, -0.25) is 4.79 Å². The molecule has 1 aliphatic rings. The number of ether oxygens (including phenoxy) is 1. The molecule has 0 spiro atoms. The minimum Gasteiger partial charge on any atom is -0.377 e. The van der Waals surface area contributed by atoms with Crippen molar-refractivity contribution in [1.82, 2.24) is 5.32 Å². The lowest BCUT2D eigenvalue weighted by Crippen LogP contribution is -2.51. The van der Waals surface area contributed by atoms with Crippen molar-refractivity contribution >= 4 is 5.91 Å². The molecule has 0 aromatic carbocycles. The standard InChI is InChI=1S/C12H20N2O2/c1-9-5-12(6-9,7-13)10(15)14-8-11(2,3)16-4/h9H,5-6,8H2,1-4H3,(H,14,15). The first-order chi connectivity index (χ1) is 7.35. The molecule has 1 rings (SSSR count). The predicted molar refractivity (Wildman–Crippen MR) is 60.5 cm³/mol. The van der Waals surface area contributed by atoms with Crippen LogP contribution < -0.4 is 5.32 Å². The van der Waals surface area contributed by atoms with Crippen molar-refractivity contribution in [2.24, 2.45) is 11.3 Å². The van der Waals surface area contributed by atoms with E-state index in [1.54, 1.807) is 7.11 Å². The molecule has 1 fully saturated rings. The summed E-state index contributed by atoms with van der Waals surface area (Å²) in [5.41, 5.74) is -1.18. The Morgan fingerprint density at radius 3 is 2.56 bits per heavy atom. The number of carbonyl (C=O) groups is 1. The maximum absolute atomic E-state index is 11.9. The Balaban J connectivity index is 2.50. The number of hydrogen-bond acceptors (Lipinski definition) is 3. The van der Waals surface area contributed by atoms with Gasteiger partial charge < -0.3 is 10.1 Å². The van der Waals surface area contributed by atoms with Gasteiger partial charge >= 0.3 is 0 Å². The lowest BCUT2D eigenvalue weighted by Gasteiger charge is -2.39. The molecule has 0 saturated heterocycles. The predicted octanol–water partition coefficient (Wildman–Crippen LogP) is 1.47. The number of amides is 1. The summed E-state index contributed by atoms with van der Waals surface area (Å²) in [6, 6.07) is 2.15. The van der Waals surface area contributed by atoms with Crippen molar-refractivity contribution in [1.29, 1.82) is 5.26 Å². The van der Waals surface area contributed by atoms with Gasteiger partial charge in [-0.15, -0.1) is 0 Å². The largest absolute Gasteiger partial charge is 0.377 e. The number of rotatable bonds is 4. The Kier molecular flexibility index (Phi) is 3.59. The molecule has 1 aliphatic carbocycles. The minimum absolute atomic E-state index is 0.154. The van der Waals surface area contributed by atoms with Crippen LogP contribution in [0.25, 0.3) is 0 Å². The van der Waals surface area contributed by atoms with Crippen molar-refractivity contribution < 1.29 is 9.53 Å². The highest BCUT2D eigenvalue weighted by atomic mass is 16.5. The van der Waals surface area contributed by atoms with Crippen molar-refractivity contribution in [2.45, 2.75) is 39.2 Å². The number of carbonyl (C=O) groups excluding carboxylic acids is 1. The van der Waals surface area contributed by atoms with E-state index < -0.39 is 5.41 Å². The van der Waals surface area contributed by atoms with Crippen LogP contribution in [0.1, 0.15) is 33.6 Å². The molecule has 0 aromatic heterocycles. The van der Waals surface area contributed by atoms with Crippen LogP contribution in [0.2, 0.25) is 0 Å². The van der Waals surface area contributed by atoms with E-state index in [2.05, 4.69) is 18.3 Å². The number of methoxy groups -OCH3 is 1. The second kappa shape index (κ2) is 4.42. The first-order valence-corrected chi connectivity index (χ1v) is 5.60. The summed E-state index contributed by atoms with van der Waals surface area (Å²) in [6.07, 6.45) is 1.34. The molecule has 1 amide bonds. The highest BCUT2D eigenvalue weighted by Gasteiger charge is 2.49. The molecule has 90 valence electrons. The van der Waals surface area contributed by atoms with Crippen molar-refractivity contribution in [3.8, 4) is 6.07 Å². The second-order valence-electron chi connectivity index (χ2n) is 5.35. The smallest absolute Gasteiger partial charge is 0.240 e. The van der Waals surface area contributed by atoms with E-state index >= 15 is 0 Å². The Labute approximate surface area is 97.0 Å². The van der Waals surface area contributed by atoms with Gasteiger partial charge in [-0.1, -0.05) is 6.92 Å². The van der Waals surface area contributed by atoms with Crippen molar-refractivity contribution in [3.63, 3.8) is 0 Å². The number of nitrogens with zero attached hydrogens (tertiary/aromatic N) is 1. The summed E-state index contributed by atoms with van der Waals surface area (Å²) in [4.78, 5) is 11.9. The van der Waals surface area contributed by atoms with E-state index in [0.29, 0.717) is 25.3 Å². The van der Waals surface area contributed by atoms with Gasteiger partial charge in [-0.05, 0) is 32.6 Å². The van der Waals surface area contributed by atoms with Crippen LogP contribution in [0.4, 0.5) is 0 Å². The third-order valence-corrected chi connectivity index (χ3v) is 3.27. The zero-order valence-corrected chi connectivity index (χ0v) is 10.5. The summed E-state index contributed by atoms with van der Waals surface area (Å²) in [6.45, 7) is 6.29. The number of nitrogens with one attached hydrogen (secondary N) is 1. The van der Waals surface area contributed by atoms with Gasteiger partial charge in [0.05, 0.1) is 11.7 Å². The van der Waals surface area contributed by atoms with E-state index in [0.717, 1.165) is 0 Å². The van der Waals surface area contributed by atoms with E-state index in [4.69, 9.17) is 10.00 Å². The first kappa shape index (κ1) is 13.0. The maximum Gasteiger partial charge on any atom is 0.240 e. The third-order valence-electron chi connectivity index (χ3n) is 3.27. The first-order valence-electron chi connectivity index (χ1n) is 5.60. The van der Waals surface area contributed by atoms with E-state index in [1.807, 2.05) is 13.8 Å². The quantitative estimate of drug-likeness (QED) is 0.786. The normalized spacial score (nSPS) is 29.1. The van der Waals surface area contributed by atoms with Crippen LogP contribution in [0.15, 0.2) is 0 Å². The van der Waals surface area contributed by atoms with E-state index in [1.165, 1.54) is 0 Å². The van der Waals surface area contributed by atoms with Gasteiger partial charge in [0.2, 0.25) is 5.91 Å². The average molecular weight is 224 g/mol. The molecule has 0 atom stereocenters. The van der Waals surface area contributed by atoms with Crippen molar-refractivity contribution in [2.75, 3.05) is 13.7 Å². The molecule has 0 radical (unpaired) electrons. The number of hydrogen-bond donors (Lipinski definition) is 1. The van der Waals surface area contributed by atoms with Gasteiger partial charge in [0.15, 0.2) is 0 Å². The summed E-state index contributed by atoms with van der Waals surface area (Å²) in [7, 11) is 1.61. The highest BCUT2D eigenvalue weighted by Crippen LogP contribution is 2.45. The Bertz CT molecular complexity index is 311. The summed E-state index contributed by atoms with van der Waals surface area (Å²) in [5, 5.41) is 11.9. The molecule has 0 heterocycles. The fourth-order valence-electron chi connectivity index (χ4n) is 1.99. The fraction of sp³-hybridized carbons (Fsp3) is 0.833. The Morgan fingerprint density at radius 2 is 2.19 bits per heavy atom. The second-order valence-corrected chi connectivity index (χ2v) is 5.35. The molecule has 0 bridgehead atoms. The van der Waals surface area contributed by atoms with Crippen LogP contribution in [-0.4, -0.2) is 25.2 Å². The van der Waals surface area contributed by atoms with Crippen LogP contribution in [-0.2, 0) is 9.53 Å². The average Bonchev–Trinajstić information content (AvgIpc) is 2.21. The van der Waals surface area contributed by atoms with Gasteiger partial charge in [-0.25, -0.2) is 0 Å². The minimum atomic E-state index is -0.788. The Hall–Kier alpha value is -1.08. The lowest BCUT2D eigenvalue weighted by molar-refractivity contribution is -0.135. The van der Waals surface area contributed by atoms with Crippen LogP contribution in [0.5, 0.6) is 0 Å². The van der Waals surface area contributed by atoms with Gasteiger partial charge in [0.25, 0.3) is 0 Å². The zero-order chi connectivity index (χ0) is 12.4. The number of nitriles is 1. The van der Waals surface area contributed by atoms with E-state index in [9.17, 15) is 4.79 Å². The zero-order valence-electron chi connectivity index (χ0n) is 10.5. The van der Waals surface area contributed by atoms with Crippen LogP contribution in [0.3, 0.4) is 0 Å². The fourth-order valence-corrected chi connectivity index (χ4v) is 1.99. The van der Waals surface area contributed by atoms with E-state index in [-0.39, 0.29) is 11.5 Å². The third kappa shape index (κ3) is 2.53. The molecule has 1 N–H and O–H groups in total. The molecule has 1 saturated carbocycles. The molecule has 4 heteroatoms. The summed E-state index contributed by atoms with van der Waals surface area (Å²) in [5.74, 6) is 0.319. The molecule has 0 aromatic rings. The van der Waals surface area contributed by atoms with Gasteiger partial charge in [0.1, 0.15) is 5.41 Å². The van der Waals surface area contributed by atoms with Crippen molar-refractivity contribution in [3.05, 3.63) is 0 Å². The topological polar surface area (TPSA) is 62.1 Å². The van der Waals surface area contributed by atoms with Gasteiger partial charge in [0, 0.05) is 13.7 Å². The molecular formula is C12H20N2O2. The van der Waals surface area contributed by atoms with Gasteiger partial charge in [-0.2, -0.15) is 5.26 Å². The summed E-state index contributed by atoms with van der Waals surface area (Å²) < 4.78 is 5.21. The SMILES string of the molecule is COC(C)(C)CNC(=O)C1(C#N)CC(C)C1. The molecular weight excluding hydrogens is 204 g/mol. The molecule has 0 aliphatic heterocycles. The molecule has 4 nitrogen and oxygen atoms in total. The van der Waals surface area contributed by atoms with Crippen LogP contribution >= 0.6 is 0 Å². The highest BCUT2D eigenvalue weighted by molar-refractivity contribution is 5.86. The lowest BCUT2D eigenvalue weighted by atomic mass is 9.63. The maximum atomic E-state index is 11.9. The summed E-state index contributed by atoms with van der Waals surface area (Å²) >= 11 is 0.